The summed E-state index contributed by atoms with van der Waals surface area (Å²) in [4.78, 5) is 8.29. The molecule has 0 saturated carbocycles. The minimum absolute atomic E-state index is 0.625. The van der Waals surface area contributed by atoms with Gasteiger partial charge in [0.25, 0.3) is 0 Å². The van der Waals surface area contributed by atoms with E-state index in [4.69, 9.17) is 16.3 Å². The molecule has 90 valence electrons. The third-order valence-electron chi connectivity index (χ3n) is 2.14. The van der Waals surface area contributed by atoms with Crippen molar-refractivity contribution in [2.75, 3.05) is 7.11 Å². The number of hydrogen-bond acceptors (Lipinski definition) is 5. The van der Waals surface area contributed by atoms with Crippen molar-refractivity contribution >= 4 is 22.9 Å². The molecule has 0 saturated heterocycles. The average molecular weight is 270 g/mol. The highest BCUT2D eigenvalue weighted by molar-refractivity contribution is 7.15. The van der Waals surface area contributed by atoms with E-state index < -0.39 is 0 Å². The molecule has 4 nitrogen and oxygen atoms in total. The molecule has 2 rings (SSSR count). The number of nitrogens with one attached hydrogen (secondary N) is 1. The summed E-state index contributed by atoms with van der Waals surface area (Å²) >= 11 is 7.28. The first-order valence-corrected chi connectivity index (χ1v) is 6.27. The molecule has 17 heavy (non-hydrogen) atoms. The van der Waals surface area contributed by atoms with Crippen LogP contribution in [-0.4, -0.2) is 17.1 Å². The topological polar surface area (TPSA) is 47.0 Å². The summed E-state index contributed by atoms with van der Waals surface area (Å²) in [5, 5.41) is 4.26. The Labute approximate surface area is 109 Å². The number of nitrogens with zero attached hydrogens (tertiary/aromatic N) is 2. The summed E-state index contributed by atoms with van der Waals surface area (Å²) in [6, 6.07) is 3.82. The smallest absolute Gasteiger partial charge is 0.212 e. The molecule has 2 heterocycles. The van der Waals surface area contributed by atoms with E-state index in [1.165, 1.54) is 11.3 Å². The lowest BCUT2D eigenvalue weighted by molar-refractivity contribution is 0.397. The minimum atomic E-state index is 0.625. The number of pyridine rings is 1. The first kappa shape index (κ1) is 12.3. The normalized spacial score (nSPS) is 10.5. The van der Waals surface area contributed by atoms with E-state index in [1.54, 1.807) is 19.5 Å². The summed E-state index contributed by atoms with van der Waals surface area (Å²) in [5.74, 6) is 0.625. The SMILES string of the molecule is COc1ccc(CNCc2ncc(Cl)s2)cn1. The van der Waals surface area contributed by atoms with Gasteiger partial charge < -0.3 is 10.1 Å². The van der Waals surface area contributed by atoms with E-state index in [-0.39, 0.29) is 0 Å². The van der Waals surface area contributed by atoms with Crippen molar-refractivity contribution in [2.24, 2.45) is 0 Å². The number of thiazole rings is 1. The maximum Gasteiger partial charge on any atom is 0.212 e. The number of hydrogen-bond donors (Lipinski definition) is 1. The molecule has 0 fully saturated rings. The molecule has 1 N–H and O–H groups in total. The fourth-order valence-electron chi connectivity index (χ4n) is 1.32. The van der Waals surface area contributed by atoms with Crippen LogP contribution in [0.3, 0.4) is 0 Å². The zero-order valence-electron chi connectivity index (χ0n) is 9.31. The molecule has 0 radical (unpaired) electrons. The van der Waals surface area contributed by atoms with Crippen LogP contribution in [0.1, 0.15) is 10.6 Å². The van der Waals surface area contributed by atoms with Gasteiger partial charge in [0, 0.05) is 25.4 Å². The molecule has 0 aliphatic carbocycles. The van der Waals surface area contributed by atoms with Gasteiger partial charge in [-0.1, -0.05) is 17.7 Å². The van der Waals surface area contributed by atoms with E-state index in [2.05, 4.69) is 15.3 Å². The zero-order valence-corrected chi connectivity index (χ0v) is 10.9. The van der Waals surface area contributed by atoms with Crippen molar-refractivity contribution in [3.8, 4) is 5.88 Å². The zero-order chi connectivity index (χ0) is 12.1. The quantitative estimate of drug-likeness (QED) is 0.906. The van der Waals surface area contributed by atoms with Crippen LogP contribution in [0.5, 0.6) is 5.88 Å². The Kier molecular flexibility index (Phi) is 4.30. The first-order valence-electron chi connectivity index (χ1n) is 5.08. The van der Waals surface area contributed by atoms with Gasteiger partial charge in [0.2, 0.25) is 5.88 Å². The molecule has 0 aliphatic heterocycles. The molecular formula is C11H12ClN3OS. The third-order valence-corrected chi connectivity index (χ3v) is 3.25. The van der Waals surface area contributed by atoms with Crippen molar-refractivity contribution < 1.29 is 4.74 Å². The Morgan fingerprint density at radius 1 is 1.29 bits per heavy atom. The Hall–Kier alpha value is -1.17. The number of rotatable bonds is 5. The van der Waals surface area contributed by atoms with Crippen molar-refractivity contribution in [1.82, 2.24) is 15.3 Å². The summed E-state index contributed by atoms with van der Waals surface area (Å²) in [5.41, 5.74) is 1.11. The Balaban J connectivity index is 1.81. The van der Waals surface area contributed by atoms with Gasteiger partial charge in [0.1, 0.15) is 9.34 Å². The van der Waals surface area contributed by atoms with Crippen molar-refractivity contribution in [3.05, 3.63) is 39.4 Å². The number of aromatic nitrogens is 2. The molecule has 2 aromatic heterocycles. The predicted molar refractivity (Wildman–Crippen MR) is 68.5 cm³/mol. The van der Waals surface area contributed by atoms with Crippen LogP contribution >= 0.6 is 22.9 Å². The van der Waals surface area contributed by atoms with Crippen LogP contribution in [0.4, 0.5) is 0 Å². The van der Waals surface area contributed by atoms with Crippen LogP contribution < -0.4 is 10.1 Å². The highest BCUT2D eigenvalue weighted by Gasteiger charge is 2.00. The lowest BCUT2D eigenvalue weighted by Gasteiger charge is -2.03. The molecule has 2 aromatic rings. The van der Waals surface area contributed by atoms with Gasteiger partial charge >= 0.3 is 0 Å². The standard InChI is InChI=1S/C11H12ClN3OS/c1-16-10-3-2-8(5-14-10)4-13-7-11-15-6-9(12)17-11/h2-3,5-6,13H,4,7H2,1H3. The second-order valence-electron chi connectivity index (χ2n) is 3.37. The van der Waals surface area contributed by atoms with E-state index >= 15 is 0 Å². The molecule has 6 heteroatoms. The van der Waals surface area contributed by atoms with Crippen LogP contribution in [0.15, 0.2) is 24.5 Å². The van der Waals surface area contributed by atoms with E-state index in [9.17, 15) is 0 Å². The average Bonchev–Trinajstić information content (AvgIpc) is 2.76. The molecule has 0 unspecified atom stereocenters. The highest BCUT2D eigenvalue weighted by Crippen LogP contribution is 2.17. The van der Waals surface area contributed by atoms with Crippen LogP contribution in [0.2, 0.25) is 4.34 Å². The van der Waals surface area contributed by atoms with Gasteiger partial charge in [-0.25, -0.2) is 9.97 Å². The predicted octanol–water partition coefficient (Wildman–Crippen LogP) is 2.49. The van der Waals surface area contributed by atoms with Gasteiger partial charge in [-0.05, 0) is 5.56 Å². The van der Waals surface area contributed by atoms with Crippen LogP contribution in [0.25, 0.3) is 0 Å². The molecule has 0 aliphatic rings. The fraction of sp³-hybridized carbons (Fsp3) is 0.273. The van der Waals surface area contributed by atoms with Crippen LogP contribution in [0, 0.1) is 0 Å². The molecule has 0 spiro atoms. The summed E-state index contributed by atoms with van der Waals surface area (Å²) in [6.07, 6.45) is 3.46. The van der Waals surface area contributed by atoms with Crippen LogP contribution in [-0.2, 0) is 13.1 Å². The van der Waals surface area contributed by atoms with E-state index in [0.717, 1.165) is 17.1 Å². The van der Waals surface area contributed by atoms with Crippen molar-refractivity contribution in [3.63, 3.8) is 0 Å². The van der Waals surface area contributed by atoms with Gasteiger partial charge in [-0.15, -0.1) is 11.3 Å². The number of ether oxygens (including phenoxy) is 1. The summed E-state index contributed by atoms with van der Waals surface area (Å²) < 4.78 is 5.71. The third kappa shape index (κ3) is 3.66. The minimum Gasteiger partial charge on any atom is -0.481 e. The molecule has 0 amide bonds. The molecular weight excluding hydrogens is 258 g/mol. The van der Waals surface area contributed by atoms with Gasteiger partial charge in [-0.3, -0.25) is 0 Å². The van der Waals surface area contributed by atoms with Gasteiger partial charge in [0.15, 0.2) is 0 Å². The lowest BCUT2D eigenvalue weighted by Crippen LogP contribution is -2.12. The number of methoxy groups -OCH3 is 1. The van der Waals surface area contributed by atoms with E-state index in [1.807, 2.05) is 12.1 Å². The van der Waals surface area contributed by atoms with Crippen molar-refractivity contribution in [2.45, 2.75) is 13.1 Å². The Morgan fingerprint density at radius 3 is 2.76 bits per heavy atom. The largest absolute Gasteiger partial charge is 0.481 e. The Bertz CT molecular complexity index is 472. The van der Waals surface area contributed by atoms with Gasteiger partial charge in [-0.2, -0.15) is 0 Å². The molecule has 0 atom stereocenters. The fourth-order valence-corrected chi connectivity index (χ4v) is 2.25. The monoisotopic (exact) mass is 269 g/mol. The number of halogens is 1. The van der Waals surface area contributed by atoms with Crippen molar-refractivity contribution in [1.29, 1.82) is 0 Å². The first-order chi connectivity index (χ1) is 8.28. The second kappa shape index (κ2) is 5.95. The van der Waals surface area contributed by atoms with Gasteiger partial charge in [0.05, 0.1) is 13.3 Å². The second-order valence-corrected chi connectivity index (χ2v) is 5.12. The van der Waals surface area contributed by atoms with E-state index in [0.29, 0.717) is 16.8 Å². The maximum atomic E-state index is 5.79. The maximum absolute atomic E-state index is 5.79. The summed E-state index contributed by atoms with van der Waals surface area (Å²) in [6.45, 7) is 1.46. The Morgan fingerprint density at radius 2 is 2.18 bits per heavy atom. The lowest BCUT2D eigenvalue weighted by atomic mass is 10.3. The highest BCUT2D eigenvalue weighted by atomic mass is 35.5. The molecule has 0 bridgehead atoms. The summed E-state index contributed by atoms with van der Waals surface area (Å²) in [7, 11) is 1.60. The molecule has 0 aromatic carbocycles.